The molecule has 0 radical (unpaired) electrons. The number of hydrogen-bond acceptors (Lipinski definition) is 3. The highest BCUT2D eigenvalue weighted by Gasteiger charge is 2.28. The summed E-state index contributed by atoms with van der Waals surface area (Å²) >= 11 is 0. The third kappa shape index (κ3) is 3.89. The van der Waals surface area contributed by atoms with Crippen LogP contribution in [0, 0.1) is 5.92 Å². The topological polar surface area (TPSA) is 69.6 Å². The van der Waals surface area contributed by atoms with Crippen molar-refractivity contribution in [2.45, 2.75) is 32.4 Å². The molecule has 0 aromatic heterocycles. The monoisotopic (exact) mass is 201 g/mol. The second-order valence-electron chi connectivity index (χ2n) is 3.38. The van der Waals surface area contributed by atoms with Crippen LogP contribution < -0.4 is 5.32 Å². The van der Waals surface area contributed by atoms with Gasteiger partial charge in [-0.25, -0.2) is 0 Å². The smallest absolute Gasteiger partial charge is 0.323 e. The van der Waals surface area contributed by atoms with E-state index in [4.69, 9.17) is 5.11 Å². The van der Waals surface area contributed by atoms with Gasteiger partial charge in [-0.15, -0.1) is 0 Å². The first-order valence-electron chi connectivity index (χ1n) is 4.73. The zero-order valence-corrected chi connectivity index (χ0v) is 8.90. The number of carboxylic acid groups (broad SMARTS) is 1. The molecule has 14 heavy (non-hydrogen) atoms. The van der Waals surface area contributed by atoms with Crippen LogP contribution in [0.2, 0.25) is 0 Å². The highest BCUT2D eigenvalue weighted by atomic mass is 16.4. The molecule has 0 aliphatic heterocycles. The predicted molar refractivity (Wildman–Crippen MR) is 55.1 cm³/mol. The molecular formula is C10H19NO3. The summed E-state index contributed by atoms with van der Waals surface area (Å²) in [5.74, 6) is -1.09. The lowest BCUT2D eigenvalue weighted by atomic mass is 9.95. The van der Waals surface area contributed by atoms with Crippen molar-refractivity contribution < 1.29 is 15.0 Å². The zero-order valence-electron chi connectivity index (χ0n) is 8.90. The van der Waals surface area contributed by atoms with E-state index in [0.29, 0.717) is 6.42 Å². The maximum Gasteiger partial charge on any atom is 0.323 e. The second-order valence-corrected chi connectivity index (χ2v) is 3.38. The van der Waals surface area contributed by atoms with Crippen LogP contribution in [0.15, 0.2) is 12.2 Å². The van der Waals surface area contributed by atoms with Gasteiger partial charge in [0.2, 0.25) is 0 Å². The van der Waals surface area contributed by atoms with Gasteiger partial charge in [0.15, 0.2) is 0 Å². The lowest BCUT2D eigenvalue weighted by Crippen LogP contribution is -2.47. The van der Waals surface area contributed by atoms with Crippen LogP contribution in [-0.2, 0) is 4.79 Å². The number of aliphatic hydroxyl groups is 1. The number of aliphatic hydroxyl groups excluding tert-OH is 1. The summed E-state index contributed by atoms with van der Waals surface area (Å²) in [5, 5.41) is 21.1. The van der Waals surface area contributed by atoms with Crippen LogP contribution in [0.1, 0.15) is 20.3 Å². The van der Waals surface area contributed by atoms with E-state index in [1.54, 1.807) is 0 Å². The van der Waals surface area contributed by atoms with Crippen LogP contribution in [0.3, 0.4) is 0 Å². The standard InChI is InChI=1S/C10H19NO3/c1-4-5-6-7(2)9(12)8(11-3)10(13)14/h4-5,7-9,11-12H,6H2,1-3H3,(H,13,14)/b5-4+/t7-,8?,9-/m1/s1. The molecule has 0 aliphatic rings. The second kappa shape index (κ2) is 6.56. The number of hydrogen-bond donors (Lipinski definition) is 3. The first kappa shape index (κ1) is 13.1. The van der Waals surface area contributed by atoms with E-state index in [1.807, 2.05) is 26.0 Å². The van der Waals surface area contributed by atoms with E-state index < -0.39 is 18.1 Å². The molecule has 0 fully saturated rings. The minimum atomic E-state index is -1.02. The fourth-order valence-electron chi connectivity index (χ4n) is 1.26. The van der Waals surface area contributed by atoms with Gasteiger partial charge in [0, 0.05) is 0 Å². The average Bonchev–Trinajstić information content (AvgIpc) is 2.14. The SMILES string of the molecule is C/C=C/C[C@@H](C)[C@@H](O)C(NC)C(=O)O. The van der Waals surface area contributed by atoms with E-state index >= 15 is 0 Å². The molecule has 0 aliphatic carbocycles. The van der Waals surface area contributed by atoms with Crippen molar-refractivity contribution in [2.24, 2.45) is 5.92 Å². The van der Waals surface area contributed by atoms with Gasteiger partial charge in [-0.1, -0.05) is 19.1 Å². The molecule has 0 aromatic carbocycles. The number of nitrogens with one attached hydrogen (secondary N) is 1. The minimum Gasteiger partial charge on any atom is -0.480 e. The van der Waals surface area contributed by atoms with Crippen molar-refractivity contribution in [2.75, 3.05) is 7.05 Å². The number of aliphatic carboxylic acids is 1. The van der Waals surface area contributed by atoms with Gasteiger partial charge in [0.1, 0.15) is 6.04 Å². The molecule has 0 bridgehead atoms. The first-order valence-corrected chi connectivity index (χ1v) is 4.73. The van der Waals surface area contributed by atoms with Gasteiger partial charge in [-0.3, -0.25) is 4.79 Å². The summed E-state index contributed by atoms with van der Waals surface area (Å²) in [6.45, 7) is 3.73. The number of likely N-dealkylation sites (N-methyl/N-ethyl adjacent to an activating group) is 1. The Morgan fingerprint density at radius 2 is 2.14 bits per heavy atom. The summed E-state index contributed by atoms with van der Waals surface area (Å²) in [6.07, 6.45) is 3.62. The third-order valence-corrected chi connectivity index (χ3v) is 2.25. The Balaban J connectivity index is 4.26. The van der Waals surface area contributed by atoms with Crippen LogP contribution in [0.5, 0.6) is 0 Å². The summed E-state index contributed by atoms with van der Waals surface area (Å²) in [6, 6.07) is -0.893. The van der Waals surface area contributed by atoms with Crippen LogP contribution in [0.4, 0.5) is 0 Å². The number of carbonyl (C=O) groups is 1. The normalized spacial score (nSPS) is 18.0. The van der Waals surface area contributed by atoms with E-state index in [-0.39, 0.29) is 5.92 Å². The summed E-state index contributed by atoms with van der Waals surface area (Å²) in [5.41, 5.74) is 0. The van der Waals surface area contributed by atoms with Crippen LogP contribution in [-0.4, -0.2) is 35.4 Å². The Morgan fingerprint density at radius 3 is 2.50 bits per heavy atom. The molecule has 3 N–H and O–H groups in total. The summed E-state index contributed by atoms with van der Waals surface area (Å²) in [7, 11) is 1.53. The van der Waals surface area contributed by atoms with Crippen molar-refractivity contribution in [1.29, 1.82) is 0 Å². The summed E-state index contributed by atoms with van der Waals surface area (Å²) < 4.78 is 0. The van der Waals surface area contributed by atoms with Gasteiger partial charge in [-0.2, -0.15) is 0 Å². The fourth-order valence-corrected chi connectivity index (χ4v) is 1.26. The van der Waals surface area contributed by atoms with Gasteiger partial charge >= 0.3 is 5.97 Å². The predicted octanol–water partition coefficient (Wildman–Crippen LogP) is 0.622. The van der Waals surface area contributed by atoms with Gasteiger partial charge in [0.05, 0.1) is 6.10 Å². The van der Waals surface area contributed by atoms with Crippen LogP contribution >= 0.6 is 0 Å². The number of carboxylic acids is 1. The lowest BCUT2D eigenvalue weighted by molar-refractivity contribution is -0.143. The molecule has 0 heterocycles. The Morgan fingerprint density at radius 1 is 1.57 bits per heavy atom. The van der Waals surface area contributed by atoms with Gasteiger partial charge < -0.3 is 15.5 Å². The Hall–Kier alpha value is -0.870. The molecule has 1 unspecified atom stereocenters. The molecule has 3 atom stereocenters. The Bertz CT molecular complexity index is 204. The number of rotatable bonds is 6. The molecule has 0 rings (SSSR count). The molecule has 0 saturated heterocycles. The summed E-state index contributed by atoms with van der Waals surface area (Å²) in [4.78, 5) is 10.7. The van der Waals surface area contributed by atoms with Crippen molar-refractivity contribution in [3.05, 3.63) is 12.2 Å². The van der Waals surface area contributed by atoms with E-state index in [9.17, 15) is 9.90 Å². The van der Waals surface area contributed by atoms with Crippen molar-refractivity contribution in [3.8, 4) is 0 Å². The average molecular weight is 201 g/mol. The third-order valence-electron chi connectivity index (χ3n) is 2.25. The highest BCUT2D eigenvalue weighted by Crippen LogP contribution is 2.12. The molecule has 4 nitrogen and oxygen atoms in total. The quantitative estimate of drug-likeness (QED) is 0.551. The van der Waals surface area contributed by atoms with Gasteiger partial charge in [0.25, 0.3) is 0 Å². The zero-order chi connectivity index (χ0) is 11.1. The largest absolute Gasteiger partial charge is 0.480 e. The molecule has 4 heteroatoms. The van der Waals surface area contributed by atoms with Crippen molar-refractivity contribution in [1.82, 2.24) is 5.32 Å². The van der Waals surface area contributed by atoms with E-state index in [1.165, 1.54) is 7.05 Å². The Kier molecular flexibility index (Phi) is 6.16. The first-order chi connectivity index (χ1) is 6.54. The molecule has 0 aromatic rings. The van der Waals surface area contributed by atoms with Crippen molar-refractivity contribution >= 4 is 5.97 Å². The van der Waals surface area contributed by atoms with Crippen molar-refractivity contribution in [3.63, 3.8) is 0 Å². The maximum absolute atomic E-state index is 10.7. The maximum atomic E-state index is 10.7. The van der Waals surface area contributed by atoms with E-state index in [2.05, 4.69) is 5.32 Å². The lowest BCUT2D eigenvalue weighted by Gasteiger charge is -2.23. The molecule has 0 spiro atoms. The Labute approximate surface area is 84.6 Å². The number of allylic oxidation sites excluding steroid dienone is 2. The fraction of sp³-hybridized carbons (Fsp3) is 0.700. The van der Waals surface area contributed by atoms with E-state index in [0.717, 1.165) is 0 Å². The minimum absolute atomic E-state index is 0.0697. The highest BCUT2D eigenvalue weighted by molar-refractivity contribution is 5.74. The molecular weight excluding hydrogens is 182 g/mol. The molecule has 82 valence electrons. The van der Waals surface area contributed by atoms with Crippen LogP contribution in [0.25, 0.3) is 0 Å². The molecule has 0 saturated carbocycles. The molecule has 0 amide bonds. The van der Waals surface area contributed by atoms with Gasteiger partial charge in [-0.05, 0) is 26.3 Å².